The zero-order chi connectivity index (χ0) is 23.5. The molecule has 0 unspecified atom stereocenters. The van der Waals surface area contributed by atoms with Gasteiger partial charge in [-0.25, -0.2) is 4.90 Å². The first-order valence-electron chi connectivity index (χ1n) is 10.2. The standard InChI is InChI=1S/C22H21N5O5S/c1-32-19-5-3-2-4-18(19)26-21(29)16(20(28)24-22(26)33)13-14-12-15(27(30)31)6-7-17(14)25-10-8-23-9-11-25/h2-7,12-13,23H,8-11H2,1H3,(H,24,28,33)/b16-13-. The van der Waals surface area contributed by atoms with Crippen molar-refractivity contribution in [2.75, 3.05) is 43.1 Å². The number of hydrogen-bond acceptors (Lipinski definition) is 8. The number of anilines is 2. The molecule has 2 N–H and O–H groups in total. The van der Waals surface area contributed by atoms with Crippen LogP contribution < -0.4 is 25.2 Å². The number of nitro groups is 1. The molecule has 0 aromatic heterocycles. The minimum atomic E-state index is -0.672. The predicted molar refractivity (Wildman–Crippen MR) is 127 cm³/mol. The van der Waals surface area contributed by atoms with Crippen LogP contribution in [0.4, 0.5) is 17.1 Å². The van der Waals surface area contributed by atoms with E-state index in [4.69, 9.17) is 17.0 Å². The van der Waals surface area contributed by atoms with Crippen molar-refractivity contribution in [3.63, 3.8) is 0 Å². The van der Waals surface area contributed by atoms with Gasteiger partial charge in [0.05, 0.1) is 17.7 Å². The fourth-order valence-electron chi connectivity index (χ4n) is 3.81. The highest BCUT2D eigenvalue weighted by Crippen LogP contribution is 2.32. The van der Waals surface area contributed by atoms with Crippen molar-refractivity contribution in [1.29, 1.82) is 0 Å². The number of methoxy groups -OCH3 is 1. The van der Waals surface area contributed by atoms with E-state index < -0.39 is 16.7 Å². The highest BCUT2D eigenvalue weighted by molar-refractivity contribution is 7.80. The van der Waals surface area contributed by atoms with Gasteiger partial charge in [0.15, 0.2) is 5.11 Å². The Balaban J connectivity index is 1.80. The third-order valence-electron chi connectivity index (χ3n) is 5.41. The zero-order valence-corrected chi connectivity index (χ0v) is 18.6. The van der Waals surface area contributed by atoms with Crippen LogP contribution in [0, 0.1) is 10.1 Å². The summed E-state index contributed by atoms with van der Waals surface area (Å²) in [5.74, 6) is -0.916. The molecule has 2 aromatic rings. The Morgan fingerprint density at radius 3 is 2.55 bits per heavy atom. The number of amides is 2. The van der Waals surface area contributed by atoms with Gasteiger partial charge >= 0.3 is 0 Å². The largest absolute Gasteiger partial charge is 0.495 e. The third kappa shape index (κ3) is 4.41. The number of thiocarbonyl (C=S) groups is 1. The number of rotatable bonds is 5. The molecule has 4 rings (SSSR count). The van der Waals surface area contributed by atoms with Gasteiger partial charge in [0.1, 0.15) is 11.3 Å². The first-order chi connectivity index (χ1) is 15.9. The molecule has 170 valence electrons. The van der Waals surface area contributed by atoms with Crippen LogP contribution in [0.25, 0.3) is 6.08 Å². The summed E-state index contributed by atoms with van der Waals surface area (Å²) in [7, 11) is 1.47. The van der Waals surface area contributed by atoms with E-state index >= 15 is 0 Å². The van der Waals surface area contributed by atoms with E-state index in [0.717, 1.165) is 13.1 Å². The van der Waals surface area contributed by atoms with Gasteiger partial charge in [-0.05, 0) is 36.5 Å². The number of nitrogens with one attached hydrogen (secondary N) is 2. The number of nitro benzene ring substituents is 1. The molecule has 0 radical (unpaired) electrons. The van der Waals surface area contributed by atoms with Gasteiger partial charge in [-0.3, -0.25) is 25.0 Å². The molecule has 2 saturated heterocycles. The minimum absolute atomic E-state index is 0.0759. The molecule has 2 heterocycles. The van der Waals surface area contributed by atoms with Gasteiger partial charge in [0.25, 0.3) is 17.5 Å². The van der Waals surface area contributed by atoms with Gasteiger partial charge in [-0.1, -0.05) is 12.1 Å². The number of piperazine rings is 1. The van der Waals surface area contributed by atoms with Crippen molar-refractivity contribution < 1.29 is 19.2 Å². The monoisotopic (exact) mass is 467 g/mol. The van der Waals surface area contributed by atoms with Crippen molar-refractivity contribution in [2.24, 2.45) is 0 Å². The number of non-ortho nitro benzene ring substituents is 1. The van der Waals surface area contributed by atoms with Gasteiger partial charge in [-0.2, -0.15) is 0 Å². The van der Waals surface area contributed by atoms with E-state index in [9.17, 15) is 19.7 Å². The minimum Gasteiger partial charge on any atom is -0.495 e. The summed E-state index contributed by atoms with van der Waals surface area (Å²) in [6.07, 6.45) is 1.38. The van der Waals surface area contributed by atoms with Crippen molar-refractivity contribution in [3.05, 3.63) is 63.7 Å². The molecule has 0 saturated carbocycles. The fourth-order valence-corrected chi connectivity index (χ4v) is 4.09. The maximum Gasteiger partial charge on any atom is 0.270 e. The molecule has 0 atom stereocenters. The van der Waals surface area contributed by atoms with Crippen LogP contribution >= 0.6 is 12.2 Å². The SMILES string of the molecule is COc1ccccc1N1C(=O)/C(=C\c2cc([N+](=O)[O-])ccc2N2CCNCC2)C(=O)NC1=S. The van der Waals surface area contributed by atoms with Crippen LogP contribution in [0.1, 0.15) is 5.56 Å². The number of hydrogen-bond donors (Lipinski definition) is 2. The molecule has 33 heavy (non-hydrogen) atoms. The van der Waals surface area contributed by atoms with E-state index in [1.807, 2.05) is 0 Å². The first-order valence-corrected chi connectivity index (χ1v) is 10.6. The molecule has 2 aliphatic rings. The lowest BCUT2D eigenvalue weighted by Gasteiger charge is -2.31. The summed E-state index contributed by atoms with van der Waals surface area (Å²) < 4.78 is 5.34. The maximum atomic E-state index is 13.4. The molecular formula is C22H21N5O5S. The fraction of sp³-hybridized carbons (Fsp3) is 0.227. The Morgan fingerprint density at radius 1 is 1.12 bits per heavy atom. The smallest absolute Gasteiger partial charge is 0.270 e. The van der Waals surface area contributed by atoms with E-state index in [0.29, 0.717) is 35.8 Å². The lowest BCUT2D eigenvalue weighted by atomic mass is 10.0. The number of carbonyl (C=O) groups excluding carboxylic acids is 2. The Labute approximate surface area is 195 Å². The van der Waals surface area contributed by atoms with E-state index in [-0.39, 0.29) is 16.4 Å². The molecule has 2 aliphatic heterocycles. The Morgan fingerprint density at radius 2 is 1.85 bits per heavy atom. The average molecular weight is 468 g/mol. The van der Waals surface area contributed by atoms with Crippen molar-refractivity contribution >= 4 is 52.3 Å². The number of benzene rings is 2. The molecule has 2 fully saturated rings. The number of carbonyl (C=O) groups is 2. The molecule has 2 amide bonds. The third-order valence-corrected chi connectivity index (χ3v) is 5.69. The van der Waals surface area contributed by atoms with Crippen LogP contribution in [-0.4, -0.2) is 55.1 Å². The first kappa shape index (κ1) is 22.4. The van der Waals surface area contributed by atoms with Gasteiger partial charge in [-0.15, -0.1) is 0 Å². The summed E-state index contributed by atoms with van der Waals surface area (Å²) in [6, 6.07) is 11.2. The number of ether oxygens (including phenoxy) is 1. The van der Waals surface area contributed by atoms with Crippen LogP contribution in [0.15, 0.2) is 48.0 Å². The molecule has 2 aromatic carbocycles. The van der Waals surface area contributed by atoms with E-state index in [1.165, 1.54) is 30.2 Å². The topological polar surface area (TPSA) is 117 Å². The van der Waals surface area contributed by atoms with Crippen LogP contribution in [0.2, 0.25) is 0 Å². The molecule has 0 bridgehead atoms. The van der Waals surface area contributed by atoms with Gasteiger partial charge in [0, 0.05) is 49.6 Å². The van der Waals surface area contributed by atoms with Gasteiger partial charge < -0.3 is 15.0 Å². The Kier molecular flexibility index (Phi) is 6.33. The Hall–Kier alpha value is -3.83. The number of para-hydroxylation sites is 2. The average Bonchev–Trinajstić information content (AvgIpc) is 2.82. The highest BCUT2D eigenvalue weighted by Gasteiger charge is 2.36. The van der Waals surface area contributed by atoms with E-state index in [1.54, 1.807) is 30.3 Å². The highest BCUT2D eigenvalue weighted by atomic mass is 32.1. The van der Waals surface area contributed by atoms with Crippen LogP contribution in [-0.2, 0) is 9.59 Å². The molecule has 0 aliphatic carbocycles. The predicted octanol–water partition coefficient (Wildman–Crippen LogP) is 1.84. The maximum absolute atomic E-state index is 13.4. The molecule has 11 heteroatoms. The second-order valence-electron chi connectivity index (χ2n) is 7.37. The quantitative estimate of drug-likeness (QED) is 0.225. The summed E-state index contributed by atoms with van der Waals surface area (Å²) >= 11 is 5.26. The molecule has 10 nitrogen and oxygen atoms in total. The molecule has 0 spiro atoms. The van der Waals surface area contributed by atoms with Crippen LogP contribution in [0.5, 0.6) is 5.75 Å². The summed E-state index contributed by atoms with van der Waals surface area (Å²) in [5.41, 5.74) is 1.15. The van der Waals surface area contributed by atoms with Crippen molar-refractivity contribution in [1.82, 2.24) is 10.6 Å². The van der Waals surface area contributed by atoms with Crippen molar-refractivity contribution in [3.8, 4) is 5.75 Å². The molecular weight excluding hydrogens is 446 g/mol. The summed E-state index contributed by atoms with van der Waals surface area (Å²) in [5, 5.41) is 17.1. The summed E-state index contributed by atoms with van der Waals surface area (Å²) in [6.45, 7) is 2.88. The summed E-state index contributed by atoms with van der Waals surface area (Å²) in [4.78, 5) is 40.3. The number of nitrogens with zero attached hydrogens (tertiary/aromatic N) is 3. The van der Waals surface area contributed by atoms with Crippen LogP contribution in [0.3, 0.4) is 0 Å². The van der Waals surface area contributed by atoms with Gasteiger partial charge in [0.2, 0.25) is 0 Å². The second-order valence-corrected chi connectivity index (χ2v) is 7.75. The lowest BCUT2D eigenvalue weighted by molar-refractivity contribution is -0.384. The normalized spacial score (nSPS) is 17.8. The van der Waals surface area contributed by atoms with Crippen molar-refractivity contribution in [2.45, 2.75) is 0 Å². The zero-order valence-electron chi connectivity index (χ0n) is 17.7. The Bertz CT molecular complexity index is 1180. The second kappa shape index (κ2) is 9.35. The lowest BCUT2D eigenvalue weighted by Crippen LogP contribution is -2.54. The van der Waals surface area contributed by atoms with E-state index in [2.05, 4.69) is 15.5 Å².